The van der Waals surface area contributed by atoms with E-state index in [0.29, 0.717) is 41.0 Å². The van der Waals surface area contributed by atoms with Gasteiger partial charge in [-0.2, -0.15) is 0 Å². The molecule has 0 radical (unpaired) electrons. The molecule has 6 aliphatic rings. The summed E-state index contributed by atoms with van der Waals surface area (Å²) in [7, 11) is 3.42. The van der Waals surface area contributed by atoms with Crippen molar-refractivity contribution < 1.29 is 28.6 Å². The molecule has 61 heavy (non-hydrogen) atoms. The lowest BCUT2D eigenvalue weighted by Crippen LogP contribution is -2.52. The zero-order chi connectivity index (χ0) is 41.8. The second-order valence-corrected chi connectivity index (χ2v) is 18.2. The lowest BCUT2D eigenvalue weighted by Gasteiger charge is -2.52. The van der Waals surface area contributed by atoms with Crippen LogP contribution in [0.1, 0.15) is 79.3 Å². The minimum Gasteiger partial charge on any atom is -0.496 e. The average Bonchev–Trinajstić information content (AvgIpc) is 3.56. The molecule has 3 amide bonds. The van der Waals surface area contributed by atoms with E-state index in [2.05, 4.69) is 42.1 Å². The summed E-state index contributed by atoms with van der Waals surface area (Å²) >= 11 is 0. The maximum Gasteiger partial charge on any atom is 0.257 e. The third-order valence-corrected chi connectivity index (χ3v) is 14.5. The number of anilines is 1. The van der Waals surface area contributed by atoms with Crippen LogP contribution >= 0.6 is 0 Å². The molecule has 0 bridgehead atoms. The number of imide groups is 1. The highest BCUT2D eigenvalue weighted by molar-refractivity contribution is 6.05. The van der Waals surface area contributed by atoms with Crippen LogP contribution in [-0.2, 0) is 22.7 Å². The fourth-order valence-electron chi connectivity index (χ4n) is 10.7. The van der Waals surface area contributed by atoms with Crippen molar-refractivity contribution in [3.05, 3.63) is 75.8 Å². The highest BCUT2D eigenvalue weighted by atomic mass is 16.5. The number of ether oxygens (including phenoxy) is 3. The van der Waals surface area contributed by atoms with Gasteiger partial charge in [0.15, 0.2) is 0 Å². The number of aromatic amines is 1. The van der Waals surface area contributed by atoms with Crippen molar-refractivity contribution in [2.45, 2.75) is 83.0 Å². The molecule has 320 valence electrons. The van der Waals surface area contributed by atoms with E-state index in [9.17, 15) is 19.2 Å². The Morgan fingerprint density at radius 2 is 1.59 bits per heavy atom. The van der Waals surface area contributed by atoms with Gasteiger partial charge in [-0.05, 0) is 130 Å². The summed E-state index contributed by atoms with van der Waals surface area (Å²) < 4.78 is 18.4. The molecule has 10 rings (SSSR count). The summed E-state index contributed by atoms with van der Waals surface area (Å²) in [5.74, 6) is 2.99. The molecule has 4 aromatic rings. The van der Waals surface area contributed by atoms with Crippen LogP contribution in [0.3, 0.4) is 0 Å². The van der Waals surface area contributed by atoms with E-state index in [4.69, 9.17) is 14.2 Å². The summed E-state index contributed by atoms with van der Waals surface area (Å²) in [6.07, 6.45) is 12.2. The predicted octanol–water partition coefficient (Wildman–Crippen LogP) is 5.11. The van der Waals surface area contributed by atoms with Crippen LogP contribution < -0.4 is 30.0 Å². The van der Waals surface area contributed by atoms with E-state index in [-0.39, 0.29) is 29.9 Å². The molecule has 4 saturated heterocycles. The van der Waals surface area contributed by atoms with Gasteiger partial charge in [0.1, 0.15) is 29.1 Å². The standard InChI is InChI=1S/C47H55N7O7/c1-59-40-18-31(36-24-49-44(56)37-25-48-42(21-35(36)37)53-12-3-13-53)19-41(60-2)38(40)28-51-14-8-29(9-15-51)26-52-16-10-47(11-17-52)22-33(23-47)61-32-5-4-30-27-54(46(58)34(30)20-32)39-6-7-43(55)50-45(39)57/h4-5,18-21,24-25,29,33,39H,3,6-17,22-23,26-28H2,1-2H3,(H,49,56)(H,50,55,57). The third-order valence-electron chi connectivity index (χ3n) is 14.5. The van der Waals surface area contributed by atoms with Gasteiger partial charge in [-0.3, -0.25) is 29.4 Å². The summed E-state index contributed by atoms with van der Waals surface area (Å²) in [6.45, 7) is 8.51. The van der Waals surface area contributed by atoms with E-state index in [0.717, 1.165) is 129 Å². The van der Waals surface area contributed by atoms with E-state index in [1.54, 1.807) is 31.5 Å². The number of methoxy groups -OCH3 is 2. The second-order valence-electron chi connectivity index (χ2n) is 18.2. The number of pyridine rings is 2. The largest absolute Gasteiger partial charge is 0.496 e. The summed E-state index contributed by atoms with van der Waals surface area (Å²) in [5.41, 5.74) is 4.54. The number of carbonyl (C=O) groups excluding carboxylic acids is 3. The van der Waals surface area contributed by atoms with Gasteiger partial charge in [-0.1, -0.05) is 6.07 Å². The van der Waals surface area contributed by atoms with E-state index >= 15 is 0 Å². The van der Waals surface area contributed by atoms with Crippen LogP contribution in [0, 0.1) is 11.3 Å². The van der Waals surface area contributed by atoms with Crippen molar-refractivity contribution in [3.8, 4) is 28.4 Å². The average molecular weight is 830 g/mol. The first-order valence-electron chi connectivity index (χ1n) is 22.1. The van der Waals surface area contributed by atoms with Gasteiger partial charge in [0.05, 0.1) is 31.3 Å². The fraction of sp³-hybridized carbons (Fsp3) is 0.511. The number of nitrogens with one attached hydrogen (secondary N) is 2. The number of nitrogens with zero attached hydrogens (tertiary/aromatic N) is 5. The summed E-state index contributed by atoms with van der Waals surface area (Å²) in [5, 5.41) is 3.80. The molecule has 1 spiro atoms. The van der Waals surface area contributed by atoms with Gasteiger partial charge in [0.2, 0.25) is 11.8 Å². The van der Waals surface area contributed by atoms with Crippen molar-refractivity contribution in [2.24, 2.45) is 11.3 Å². The molecule has 2 N–H and O–H groups in total. The van der Waals surface area contributed by atoms with Crippen LogP contribution in [0.4, 0.5) is 5.82 Å². The number of likely N-dealkylation sites (tertiary alicyclic amines) is 2. The van der Waals surface area contributed by atoms with Crippen LogP contribution in [0.5, 0.6) is 17.2 Å². The maximum absolute atomic E-state index is 13.3. The molecule has 1 atom stereocenters. The quantitative estimate of drug-likeness (QED) is 0.194. The Hall–Kier alpha value is -5.47. The number of aromatic nitrogens is 2. The van der Waals surface area contributed by atoms with E-state index in [1.807, 2.05) is 24.3 Å². The molecule has 1 saturated carbocycles. The predicted molar refractivity (Wildman–Crippen MR) is 230 cm³/mol. The highest BCUT2D eigenvalue weighted by Crippen LogP contribution is 2.51. The number of hydrogen-bond donors (Lipinski definition) is 2. The molecule has 2 aromatic heterocycles. The molecule has 5 fully saturated rings. The molecule has 7 heterocycles. The third kappa shape index (κ3) is 7.62. The van der Waals surface area contributed by atoms with Gasteiger partial charge < -0.3 is 33.9 Å². The molecular weight excluding hydrogens is 775 g/mol. The van der Waals surface area contributed by atoms with Gasteiger partial charge in [0.25, 0.3) is 11.5 Å². The SMILES string of the molecule is COc1cc(-c2c[nH]c(=O)c3cnc(N4CCC4)cc23)cc(OC)c1CN1CCC(CN2CCC3(CC2)CC(Oc2ccc4c(c2)C(=O)N(C2CCC(=O)NC2=O)C4)C3)CC1. The summed E-state index contributed by atoms with van der Waals surface area (Å²) in [4.78, 5) is 66.6. The Morgan fingerprint density at radius 1 is 0.836 bits per heavy atom. The number of rotatable bonds is 11. The van der Waals surface area contributed by atoms with Crippen LogP contribution in [-0.4, -0.2) is 115 Å². The Kier molecular flexibility index (Phi) is 10.5. The first-order valence-corrected chi connectivity index (χ1v) is 22.1. The second kappa shape index (κ2) is 16.1. The van der Waals surface area contributed by atoms with Gasteiger partial charge in [0, 0.05) is 68.1 Å². The van der Waals surface area contributed by atoms with E-state index < -0.39 is 11.9 Å². The molecule has 1 aliphatic carbocycles. The molecular formula is C47H55N7O7. The number of hydrogen-bond acceptors (Lipinski definition) is 11. The van der Waals surface area contributed by atoms with Crippen LogP contribution in [0.15, 0.2) is 53.6 Å². The Labute approximate surface area is 355 Å². The number of fused-ring (bicyclic) bond motifs is 2. The highest BCUT2D eigenvalue weighted by Gasteiger charge is 2.47. The summed E-state index contributed by atoms with van der Waals surface area (Å²) in [6, 6.07) is 11.3. The molecule has 5 aliphatic heterocycles. The van der Waals surface area contributed by atoms with Crippen molar-refractivity contribution in [3.63, 3.8) is 0 Å². The van der Waals surface area contributed by atoms with Gasteiger partial charge >= 0.3 is 0 Å². The number of carbonyl (C=O) groups is 3. The van der Waals surface area contributed by atoms with Crippen molar-refractivity contribution in [1.29, 1.82) is 0 Å². The molecule has 1 unspecified atom stereocenters. The lowest BCUT2D eigenvalue weighted by atomic mass is 9.61. The number of benzene rings is 2. The zero-order valence-corrected chi connectivity index (χ0v) is 35.2. The number of H-pyrrole nitrogens is 1. The normalized spacial score (nSPS) is 22.3. The van der Waals surface area contributed by atoms with Crippen LogP contribution in [0.2, 0.25) is 0 Å². The lowest BCUT2D eigenvalue weighted by molar-refractivity contribution is -0.136. The van der Waals surface area contributed by atoms with Crippen molar-refractivity contribution in [2.75, 3.05) is 64.9 Å². The zero-order valence-electron chi connectivity index (χ0n) is 35.2. The molecule has 2 aromatic carbocycles. The monoisotopic (exact) mass is 829 g/mol. The van der Waals surface area contributed by atoms with Crippen molar-refractivity contribution in [1.82, 2.24) is 30.0 Å². The van der Waals surface area contributed by atoms with Gasteiger partial charge in [-0.25, -0.2) is 4.98 Å². The Balaban J connectivity index is 0.703. The van der Waals surface area contributed by atoms with Gasteiger partial charge in [-0.15, -0.1) is 0 Å². The Morgan fingerprint density at radius 3 is 2.28 bits per heavy atom. The number of piperidine rings is 3. The fourth-order valence-corrected chi connectivity index (χ4v) is 10.7. The molecule has 14 nitrogen and oxygen atoms in total. The molecule has 14 heteroatoms. The minimum absolute atomic E-state index is 0.148. The maximum atomic E-state index is 13.3. The first-order chi connectivity index (χ1) is 29.7. The van der Waals surface area contributed by atoms with Crippen LogP contribution in [0.25, 0.3) is 21.9 Å². The minimum atomic E-state index is -0.614. The first kappa shape index (κ1) is 39.7. The van der Waals surface area contributed by atoms with E-state index in [1.165, 1.54) is 12.8 Å². The Bertz CT molecular complexity index is 2400. The smallest absolute Gasteiger partial charge is 0.257 e. The van der Waals surface area contributed by atoms with Crippen molar-refractivity contribution >= 4 is 34.3 Å². The topological polar surface area (TPSA) is 150 Å². The number of amides is 3.